The Balaban J connectivity index is 2.15. The third-order valence-electron chi connectivity index (χ3n) is 3.35. The molecule has 2 rings (SSSR count). The van der Waals surface area contributed by atoms with Gasteiger partial charge in [0, 0.05) is 25.9 Å². The average molecular weight is 264 g/mol. The zero-order chi connectivity index (χ0) is 13.8. The van der Waals surface area contributed by atoms with E-state index in [0.29, 0.717) is 19.5 Å². The number of aliphatic hydroxyl groups excluding tert-OH is 1. The molecule has 1 aromatic rings. The van der Waals surface area contributed by atoms with Crippen molar-refractivity contribution in [1.29, 1.82) is 0 Å². The van der Waals surface area contributed by atoms with E-state index in [1.165, 1.54) is 18.3 Å². The SMILES string of the molecule is O=C(O)c1cccnc1C(=O)N1CCC(CCO)C1. The molecule has 1 atom stereocenters. The summed E-state index contributed by atoms with van der Waals surface area (Å²) in [6.45, 7) is 1.24. The molecule has 0 saturated carbocycles. The third-order valence-corrected chi connectivity index (χ3v) is 3.35. The van der Waals surface area contributed by atoms with Crippen LogP contribution in [-0.2, 0) is 0 Å². The Morgan fingerprint density at radius 3 is 2.95 bits per heavy atom. The van der Waals surface area contributed by atoms with Gasteiger partial charge in [0.25, 0.3) is 5.91 Å². The number of pyridine rings is 1. The summed E-state index contributed by atoms with van der Waals surface area (Å²) in [5.74, 6) is -1.22. The van der Waals surface area contributed by atoms with E-state index in [9.17, 15) is 9.59 Å². The molecule has 1 unspecified atom stereocenters. The van der Waals surface area contributed by atoms with Crippen LogP contribution in [0.15, 0.2) is 18.3 Å². The minimum atomic E-state index is -1.15. The van der Waals surface area contributed by atoms with Gasteiger partial charge in [-0.25, -0.2) is 4.79 Å². The molecular weight excluding hydrogens is 248 g/mol. The van der Waals surface area contributed by atoms with Crippen LogP contribution in [0.5, 0.6) is 0 Å². The van der Waals surface area contributed by atoms with Crippen molar-refractivity contribution in [3.8, 4) is 0 Å². The standard InChI is InChI=1S/C13H16N2O4/c16-7-4-9-3-6-15(8-9)12(17)11-10(13(18)19)2-1-5-14-11/h1-2,5,9,16H,3-4,6-8H2,(H,18,19). The van der Waals surface area contributed by atoms with Gasteiger partial charge in [-0.05, 0) is 30.9 Å². The first-order valence-electron chi connectivity index (χ1n) is 6.22. The van der Waals surface area contributed by atoms with Gasteiger partial charge in [0.15, 0.2) is 0 Å². The second-order valence-corrected chi connectivity index (χ2v) is 4.62. The number of carbonyl (C=O) groups excluding carboxylic acids is 1. The lowest BCUT2D eigenvalue weighted by Gasteiger charge is -2.16. The van der Waals surface area contributed by atoms with Crippen LogP contribution in [0.2, 0.25) is 0 Å². The number of amides is 1. The number of likely N-dealkylation sites (tertiary alicyclic amines) is 1. The maximum atomic E-state index is 12.3. The number of carboxylic acid groups (broad SMARTS) is 1. The molecule has 0 spiro atoms. The monoisotopic (exact) mass is 264 g/mol. The van der Waals surface area contributed by atoms with Gasteiger partial charge in [-0.2, -0.15) is 0 Å². The number of aromatic carboxylic acids is 1. The predicted molar refractivity (Wildman–Crippen MR) is 66.9 cm³/mol. The number of rotatable bonds is 4. The van der Waals surface area contributed by atoms with Crippen molar-refractivity contribution >= 4 is 11.9 Å². The Morgan fingerprint density at radius 1 is 1.47 bits per heavy atom. The zero-order valence-electron chi connectivity index (χ0n) is 10.5. The quantitative estimate of drug-likeness (QED) is 0.832. The number of aliphatic hydroxyl groups is 1. The van der Waals surface area contributed by atoms with Gasteiger partial charge in [0.05, 0.1) is 5.56 Å². The highest BCUT2D eigenvalue weighted by atomic mass is 16.4. The molecule has 2 heterocycles. The second-order valence-electron chi connectivity index (χ2n) is 4.62. The molecule has 1 fully saturated rings. The molecule has 1 aromatic heterocycles. The number of hydrogen-bond acceptors (Lipinski definition) is 4. The van der Waals surface area contributed by atoms with Crippen molar-refractivity contribution in [2.24, 2.45) is 5.92 Å². The fourth-order valence-electron chi connectivity index (χ4n) is 2.33. The van der Waals surface area contributed by atoms with E-state index in [4.69, 9.17) is 10.2 Å². The predicted octanol–water partition coefficient (Wildman–Crippen LogP) is 0.624. The van der Waals surface area contributed by atoms with Gasteiger partial charge in [0.2, 0.25) is 0 Å². The molecule has 19 heavy (non-hydrogen) atoms. The van der Waals surface area contributed by atoms with Crippen LogP contribution in [0.3, 0.4) is 0 Å². The van der Waals surface area contributed by atoms with Crippen LogP contribution >= 0.6 is 0 Å². The summed E-state index contributed by atoms with van der Waals surface area (Å²) in [6.07, 6.45) is 2.92. The topological polar surface area (TPSA) is 90.7 Å². The van der Waals surface area contributed by atoms with Crippen molar-refractivity contribution in [1.82, 2.24) is 9.88 Å². The minimum absolute atomic E-state index is 0.0142. The van der Waals surface area contributed by atoms with E-state index in [2.05, 4.69) is 4.98 Å². The fraction of sp³-hybridized carbons (Fsp3) is 0.462. The van der Waals surface area contributed by atoms with Gasteiger partial charge < -0.3 is 15.1 Å². The summed E-state index contributed by atoms with van der Waals surface area (Å²) >= 11 is 0. The molecule has 1 saturated heterocycles. The van der Waals surface area contributed by atoms with Crippen molar-refractivity contribution in [2.75, 3.05) is 19.7 Å². The summed E-state index contributed by atoms with van der Waals surface area (Å²) in [5.41, 5.74) is -0.0854. The van der Waals surface area contributed by atoms with Crippen LogP contribution in [0, 0.1) is 5.92 Å². The molecule has 0 bridgehead atoms. The minimum Gasteiger partial charge on any atom is -0.478 e. The number of hydrogen-bond donors (Lipinski definition) is 2. The Bertz CT molecular complexity index is 489. The van der Waals surface area contributed by atoms with E-state index in [0.717, 1.165) is 6.42 Å². The highest BCUT2D eigenvalue weighted by molar-refractivity contribution is 6.03. The van der Waals surface area contributed by atoms with Gasteiger partial charge in [0.1, 0.15) is 5.69 Å². The summed E-state index contributed by atoms with van der Waals surface area (Å²) < 4.78 is 0. The number of aromatic nitrogens is 1. The molecule has 1 amide bonds. The van der Waals surface area contributed by atoms with Crippen LogP contribution in [0.25, 0.3) is 0 Å². The summed E-state index contributed by atoms with van der Waals surface area (Å²) in [6, 6.07) is 2.88. The Labute approximate surface area is 110 Å². The van der Waals surface area contributed by atoms with E-state index < -0.39 is 5.97 Å². The Hall–Kier alpha value is -1.95. The first-order valence-corrected chi connectivity index (χ1v) is 6.22. The smallest absolute Gasteiger partial charge is 0.338 e. The lowest BCUT2D eigenvalue weighted by molar-refractivity contribution is 0.0678. The first-order chi connectivity index (χ1) is 9.13. The molecule has 0 aliphatic carbocycles. The molecule has 6 heteroatoms. The highest BCUT2D eigenvalue weighted by Crippen LogP contribution is 2.21. The summed E-state index contributed by atoms with van der Waals surface area (Å²) in [5, 5.41) is 17.9. The molecular formula is C13H16N2O4. The maximum absolute atomic E-state index is 12.3. The van der Waals surface area contributed by atoms with Crippen molar-refractivity contribution in [3.63, 3.8) is 0 Å². The molecule has 1 aliphatic heterocycles. The summed E-state index contributed by atoms with van der Waals surface area (Å²) in [7, 11) is 0. The van der Waals surface area contributed by atoms with E-state index >= 15 is 0 Å². The fourth-order valence-corrected chi connectivity index (χ4v) is 2.33. The van der Waals surface area contributed by atoms with Gasteiger partial charge >= 0.3 is 5.97 Å². The van der Waals surface area contributed by atoms with Crippen LogP contribution in [0.1, 0.15) is 33.7 Å². The average Bonchev–Trinajstić information content (AvgIpc) is 2.87. The third kappa shape index (κ3) is 2.90. The van der Waals surface area contributed by atoms with Crippen LogP contribution in [0.4, 0.5) is 0 Å². The van der Waals surface area contributed by atoms with Crippen LogP contribution < -0.4 is 0 Å². The van der Waals surface area contributed by atoms with Crippen LogP contribution in [-0.4, -0.2) is 51.7 Å². The Morgan fingerprint density at radius 2 is 2.26 bits per heavy atom. The van der Waals surface area contributed by atoms with Crippen molar-refractivity contribution in [2.45, 2.75) is 12.8 Å². The first kappa shape index (κ1) is 13.5. The second kappa shape index (κ2) is 5.79. The number of carboxylic acids is 1. The van der Waals surface area contributed by atoms with E-state index in [1.807, 2.05) is 0 Å². The van der Waals surface area contributed by atoms with Gasteiger partial charge in [-0.15, -0.1) is 0 Å². The normalized spacial score (nSPS) is 18.6. The molecule has 6 nitrogen and oxygen atoms in total. The molecule has 0 aromatic carbocycles. The largest absolute Gasteiger partial charge is 0.478 e. The number of nitrogens with zero attached hydrogens (tertiary/aromatic N) is 2. The lowest BCUT2D eigenvalue weighted by Crippen LogP contribution is -2.31. The molecule has 2 N–H and O–H groups in total. The van der Waals surface area contributed by atoms with Crippen molar-refractivity contribution in [3.05, 3.63) is 29.6 Å². The lowest BCUT2D eigenvalue weighted by atomic mass is 10.1. The van der Waals surface area contributed by atoms with E-state index in [-0.39, 0.29) is 29.7 Å². The molecule has 1 aliphatic rings. The molecule has 0 radical (unpaired) electrons. The zero-order valence-corrected chi connectivity index (χ0v) is 10.5. The van der Waals surface area contributed by atoms with Gasteiger partial charge in [-0.3, -0.25) is 9.78 Å². The molecule has 102 valence electrons. The number of carbonyl (C=O) groups is 2. The van der Waals surface area contributed by atoms with E-state index in [1.54, 1.807) is 4.90 Å². The van der Waals surface area contributed by atoms with Crippen molar-refractivity contribution < 1.29 is 19.8 Å². The highest BCUT2D eigenvalue weighted by Gasteiger charge is 2.29. The Kier molecular flexibility index (Phi) is 4.11. The summed E-state index contributed by atoms with van der Waals surface area (Å²) in [4.78, 5) is 28.8. The maximum Gasteiger partial charge on any atom is 0.338 e. The van der Waals surface area contributed by atoms with Gasteiger partial charge in [-0.1, -0.05) is 0 Å².